The van der Waals surface area contributed by atoms with E-state index in [-0.39, 0.29) is 18.1 Å². The topological polar surface area (TPSA) is 114 Å². The standard InChI is InChI=1S/C25H26N6O4/c1-2-35-22(32)16-31-21(8-10-27-31)20-15-17-7-9-26-25(33)23(17)24(29-20)28-18-3-5-19(6-4-18)30-11-13-34-14-12-30/h3-10,15H,2,11-14,16H2,1H3,(H,26,33)(H,28,29). The van der Waals surface area contributed by atoms with Crippen molar-refractivity contribution < 1.29 is 14.3 Å². The first-order chi connectivity index (χ1) is 17.1. The molecule has 180 valence electrons. The lowest BCUT2D eigenvalue weighted by Crippen LogP contribution is -2.36. The predicted molar refractivity (Wildman–Crippen MR) is 133 cm³/mol. The molecule has 3 aromatic heterocycles. The number of carbonyl (C=O) groups is 1. The average Bonchev–Trinajstić information content (AvgIpc) is 3.33. The minimum atomic E-state index is -0.381. The van der Waals surface area contributed by atoms with E-state index in [2.05, 4.69) is 20.3 Å². The molecule has 0 spiro atoms. The number of morpholine rings is 1. The van der Waals surface area contributed by atoms with Crippen LogP contribution in [-0.2, 0) is 20.8 Å². The fourth-order valence-corrected chi connectivity index (χ4v) is 4.15. The van der Waals surface area contributed by atoms with Crippen LogP contribution in [0.3, 0.4) is 0 Å². The summed E-state index contributed by atoms with van der Waals surface area (Å²) >= 11 is 0. The molecule has 35 heavy (non-hydrogen) atoms. The molecule has 1 aromatic carbocycles. The van der Waals surface area contributed by atoms with Gasteiger partial charge in [-0.1, -0.05) is 0 Å². The van der Waals surface area contributed by atoms with E-state index in [9.17, 15) is 9.59 Å². The smallest absolute Gasteiger partial charge is 0.327 e. The molecule has 0 aliphatic carbocycles. The summed E-state index contributed by atoms with van der Waals surface area (Å²) < 4.78 is 12.0. The van der Waals surface area contributed by atoms with Crippen molar-refractivity contribution in [2.45, 2.75) is 13.5 Å². The molecule has 2 N–H and O–H groups in total. The van der Waals surface area contributed by atoms with Crippen molar-refractivity contribution in [2.24, 2.45) is 0 Å². The Kier molecular flexibility index (Phi) is 6.44. The summed E-state index contributed by atoms with van der Waals surface area (Å²) in [4.78, 5) is 34.5. The van der Waals surface area contributed by atoms with Crippen molar-refractivity contribution in [2.75, 3.05) is 43.1 Å². The number of H-pyrrole nitrogens is 1. The van der Waals surface area contributed by atoms with E-state index in [1.54, 1.807) is 30.1 Å². The Labute approximate surface area is 201 Å². The minimum absolute atomic E-state index is 0.0307. The van der Waals surface area contributed by atoms with Crippen LogP contribution in [0.25, 0.3) is 22.2 Å². The Hall–Kier alpha value is -4.18. The maximum Gasteiger partial charge on any atom is 0.327 e. The van der Waals surface area contributed by atoms with Crippen LogP contribution < -0.4 is 15.8 Å². The van der Waals surface area contributed by atoms with E-state index < -0.39 is 0 Å². The van der Waals surface area contributed by atoms with Gasteiger partial charge in [-0.05, 0) is 54.8 Å². The molecule has 5 rings (SSSR count). The van der Waals surface area contributed by atoms with Gasteiger partial charge < -0.3 is 24.7 Å². The summed E-state index contributed by atoms with van der Waals surface area (Å²) in [5, 5.41) is 8.73. The molecule has 1 fully saturated rings. The molecule has 1 saturated heterocycles. The Morgan fingerprint density at radius 2 is 1.97 bits per heavy atom. The first-order valence-corrected chi connectivity index (χ1v) is 11.5. The summed E-state index contributed by atoms with van der Waals surface area (Å²) in [7, 11) is 0. The lowest BCUT2D eigenvalue weighted by Gasteiger charge is -2.28. The van der Waals surface area contributed by atoms with Gasteiger partial charge in [0.2, 0.25) is 0 Å². The first kappa shape index (κ1) is 22.6. The fourth-order valence-electron chi connectivity index (χ4n) is 4.15. The molecule has 4 heterocycles. The van der Waals surface area contributed by atoms with E-state index in [1.165, 1.54) is 0 Å². The maximum absolute atomic E-state index is 12.7. The molecule has 1 aliphatic rings. The number of benzene rings is 1. The molecule has 1 aliphatic heterocycles. The summed E-state index contributed by atoms with van der Waals surface area (Å²) in [5.41, 5.74) is 2.90. The lowest BCUT2D eigenvalue weighted by atomic mass is 10.1. The number of ether oxygens (including phenoxy) is 2. The van der Waals surface area contributed by atoms with Gasteiger partial charge in [0.15, 0.2) is 0 Å². The second-order valence-corrected chi connectivity index (χ2v) is 8.08. The number of carbonyl (C=O) groups excluding carboxylic acids is 1. The third-order valence-corrected chi connectivity index (χ3v) is 5.82. The summed E-state index contributed by atoms with van der Waals surface area (Å²) in [6, 6.07) is 13.4. The second kappa shape index (κ2) is 9.98. The second-order valence-electron chi connectivity index (χ2n) is 8.08. The van der Waals surface area contributed by atoms with Crippen LogP contribution in [0.15, 0.2) is 59.7 Å². The first-order valence-electron chi connectivity index (χ1n) is 11.5. The van der Waals surface area contributed by atoms with Crippen molar-refractivity contribution in [3.63, 3.8) is 0 Å². The van der Waals surface area contributed by atoms with E-state index in [0.29, 0.717) is 29.2 Å². The molecule has 4 aromatic rings. The zero-order valence-corrected chi connectivity index (χ0v) is 19.4. The summed E-state index contributed by atoms with van der Waals surface area (Å²) in [6.07, 6.45) is 3.21. The SMILES string of the molecule is CCOC(=O)Cn1nccc1-c1cc2cc[nH]c(=O)c2c(Nc2ccc(N3CCOCC3)cc2)n1. The third kappa shape index (κ3) is 4.87. The van der Waals surface area contributed by atoms with Crippen molar-refractivity contribution >= 4 is 33.9 Å². The van der Waals surface area contributed by atoms with Gasteiger partial charge in [-0.3, -0.25) is 14.3 Å². The van der Waals surface area contributed by atoms with Gasteiger partial charge in [0.25, 0.3) is 5.56 Å². The van der Waals surface area contributed by atoms with Crippen molar-refractivity contribution in [3.05, 3.63) is 65.2 Å². The van der Waals surface area contributed by atoms with Crippen LogP contribution in [0.2, 0.25) is 0 Å². The fraction of sp³-hybridized carbons (Fsp3) is 0.280. The molecular weight excluding hydrogens is 448 g/mol. The van der Waals surface area contributed by atoms with Crippen molar-refractivity contribution in [1.29, 1.82) is 0 Å². The highest BCUT2D eigenvalue weighted by molar-refractivity contribution is 5.95. The van der Waals surface area contributed by atoms with Gasteiger partial charge in [0, 0.05) is 36.9 Å². The summed E-state index contributed by atoms with van der Waals surface area (Å²) in [6.45, 7) is 5.18. The van der Waals surface area contributed by atoms with Crippen LogP contribution in [0, 0.1) is 0 Å². The number of hydrogen-bond donors (Lipinski definition) is 2. The van der Waals surface area contributed by atoms with Crippen LogP contribution in [0.5, 0.6) is 0 Å². The lowest BCUT2D eigenvalue weighted by molar-refractivity contribution is -0.144. The highest BCUT2D eigenvalue weighted by Crippen LogP contribution is 2.28. The van der Waals surface area contributed by atoms with Gasteiger partial charge in [-0.15, -0.1) is 0 Å². The number of aromatic amines is 1. The van der Waals surface area contributed by atoms with Crippen LogP contribution in [0.4, 0.5) is 17.2 Å². The van der Waals surface area contributed by atoms with E-state index in [1.807, 2.05) is 36.4 Å². The van der Waals surface area contributed by atoms with Gasteiger partial charge in [-0.25, -0.2) is 4.98 Å². The van der Waals surface area contributed by atoms with Crippen LogP contribution in [-0.4, -0.2) is 58.6 Å². The molecule has 0 atom stereocenters. The van der Waals surface area contributed by atoms with Gasteiger partial charge in [0.1, 0.15) is 12.4 Å². The van der Waals surface area contributed by atoms with E-state index in [0.717, 1.165) is 43.1 Å². The van der Waals surface area contributed by atoms with E-state index >= 15 is 0 Å². The van der Waals surface area contributed by atoms with E-state index in [4.69, 9.17) is 14.5 Å². The number of nitrogens with one attached hydrogen (secondary N) is 2. The monoisotopic (exact) mass is 474 g/mol. The third-order valence-electron chi connectivity index (χ3n) is 5.82. The zero-order valence-electron chi connectivity index (χ0n) is 19.4. The number of fused-ring (bicyclic) bond motifs is 1. The molecule has 0 saturated carbocycles. The zero-order chi connectivity index (χ0) is 24.2. The predicted octanol–water partition coefficient (Wildman–Crippen LogP) is 2.93. The molecule has 10 heteroatoms. The summed E-state index contributed by atoms with van der Waals surface area (Å²) in [5.74, 6) is 0.0377. The van der Waals surface area contributed by atoms with Crippen molar-refractivity contribution in [3.8, 4) is 11.4 Å². The highest BCUT2D eigenvalue weighted by Gasteiger charge is 2.16. The number of aromatic nitrogens is 4. The Balaban J connectivity index is 1.49. The quantitative estimate of drug-likeness (QED) is 0.393. The Bertz CT molecular complexity index is 1390. The van der Waals surface area contributed by atoms with Gasteiger partial charge in [0.05, 0.1) is 36.6 Å². The largest absolute Gasteiger partial charge is 0.465 e. The van der Waals surface area contributed by atoms with Crippen molar-refractivity contribution in [1.82, 2.24) is 19.7 Å². The number of esters is 1. The molecule has 0 unspecified atom stereocenters. The Morgan fingerprint density at radius 1 is 1.17 bits per heavy atom. The maximum atomic E-state index is 12.7. The van der Waals surface area contributed by atoms with Gasteiger partial charge >= 0.3 is 5.97 Å². The molecule has 0 amide bonds. The minimum Gasteiger partial charge on any atom is -0.465 e. The molecular formula is C25H26N6O4. The Morgan fingerprint density at radius 3 is 2.74 bits per heavy atom. The molecule has 0 bridgehead atoms. The normalized spacial score (nSPS) is 13.7. The highest BCUT2D eigenvalue weighted by atomic mass is 16.5. The number of anilines is 3. The number of pyridine rings is 2. The number of nitrogens with zero attached hydrogens (tertiary/aromatic N) is 4. The molecule has 0 radical (unpaired) electrons. The number of hydrogen-bond acceptors (Lipinski definition) is 8. The van der Waals surface area contributed by atoms with Crippen LogP contribution in [0.1, 0.15) is 6.92 Å². The van der Waals surface area contributed by atoms with Gasteiger partial charge in [-0.2, -0.15) is 5.10 Å². The number of rotatable bonds is 7. The van der Waals surface area contributed by atoms with Crippen LogP contribution >= 0.6 is 0 Å². The molecule has 10 nitrogen and oxygen atoms in total. The average molecular weight is 475 g/mol.